The molecule has 134 valence electrons. The van der Waals surface area contributed by atoms with E-state index in [-0.39, 0.29) is 5.91 Å². The van der Waals surface area contributed by atoms with Gasteiger partial charge in [-0.25, -0.2) is 0 Å². The quantitative estimate of drug-likeness (QED) is 0.909. The Bertz CT molecular complexity index is 692. The van der Waals surface area contributed by atoms with Crippen molar-refractivity contribution >= 4 is 11.6 Å². The van der Waals surface area contributed by atoms with Gasteiger partial charge in [0.1, 0.15) is 0 Å². The smallest absolute Gasteiger partial charge is 0.238 e. The van der Waals surface area contributed by atoms with Crippen LogP contribution in [0.1, 0.15) is 29.5 Å². The van der Waals surface area contributed by atoms with Crippen LogP contribution in [0.5, 0.6) is 0 Å². The van der Waals surface area contributed by atoms with E-state index in [9.17, 15) is 4.79 Å². The van der Waals surface area contributed by atoms with Crippen LogP contribution in [0, 0.1) is 26.7 Å². The molecule has 0 saturated carbocycles. The van der Waals surface area contributed by atoms with E-state index in [1.807, 2.05) is 23.1 Å². The molecule has 1 amide bonds. The van der Waals surface area contributed by atoms with Crippen LogP contribution >= 0.6 is 0 Å². The molecule has 0 spiro atoms. The second kappa shape index (κ2) is 7.83. The molecule has 1 aliphatic heterocycles. The lowest BCUT2D eigenvalue weighted by molar-refractivity contribution is -0.117. The molecule has 1 fully saturated rings. The van der Waals surface area contributed by atoms with Gasteiger partial charge in [0.05, 0.1) is 6.54 Å². The zero-order chi connectivity index (χ0) is 17.8. The standard InChI is InChI=1S/C20H28N4O/c1-15-11-16(2)20(17(3)12-15)22-19(25)14-23-9-5-18(6-10-23)13-24-8-4-7-21-24/h4,7-8,11-12,18H,5-6,9-10,13-14H2,1-3H3,(H,22,25). The zero-order valence-corrected chi connectivity index (χ0v) is 15.5. The molecule has 1 saturated heterocycles. The van der Waals surface area contributed by atoms with Crippen molar-refractivity contribution in [1.82, 2.24) is 14.7 Å². The Hall–Kier alpha value is -2.14. The van der Waals surface area contributed by atoms with Gasteiger partial charge >= 0.3 is 0 Å². The summed E-state index contributed by atoms with van der Waals surface area (Å²) < 4.78 is 2.01. The summed E-state index contributed by atoms with van der Waals surface area (Å²) in [5, 5.41) is 7.39. The molecule has 0 atom stereocenters. The van der Waals surface area contributed by atoms with Crippen LogP contribution in [0.15, 0.2) is 30.6 Å². The van der Waals surface area contributed by atoms with E-state index in [2.05, 4.69) is 48.2 Å². The van der Waals surface area contributed by atoms with Gasteiger partial charge in [0.15, 0.2) is 0 Å². The summed E-state index contributed by atoms with van der Waals surface area (Å²) in [6.45, 7) is 9.60. The summed E-state index contributed by atoms with van der Waals surface area (Å²) in [6, 6.07) is 6.20. The number of anilines is 1. The third-order valence-corrected chi connectivity index (χ3v) is 5.02. The minimum absolute atomic E-state index is 0.0839. The van der Waals surface area contributed by atoms with E-state index in [1.165, 1.54) is 5.56 Å². The predicted molar refractivity (Wildman–Crippen MR) is 101 cm³/mol. The van der Waals surface area contributed by atoms with Crippen molar-refractivity contribution in [3.63, 3.8) is 0 Å². The molecule has 0 bridgehead atoms. The number of carbonyl (C=O) groups is 1. The number of rotatable bonds is 5. The predicted octanol–water partition coefficient (Wildman–Crippen LogP) is 3.16. The van der Waals surface area contributed by atoms with E-state index in [1.54, 1.807) is 0 Å². The lowest BCUT2D eigenvalue weighted by Gasteiger charge is -2.31. The number of nitrogens with zero attached hydrogens (tertiary/aromatic N) is 3. The number of aromatic nitrogens is 2. The highest BCUT2D eigenvalue weighted by atomic mass is 16.2. The summed E-state index contributed by atoms with van der Waals surface area (Å²) >= 11 is 0. The van der Waals surface area contributed by atoms with E-state index < -0.39 is 0 Å². The molecule has 2 heterocycles. The summed E-state index contributed by atoms with van der Waals surface area (Å²) in [5.41, 5.74) is 4.45. The third kappa shape index (κ3) is 4.69. The van der Waals surface area contributed by atoms with Crippen LogP contribution in [0.2, 0.25) is 0 Å². The second-order valence-electron chi connectivity index (χ2n) is 7.27. The first kappa shape index (κ1) is 17.7. The van der Waals surface area contributed by atoms with Crippen molar-refractivity contribution < 1.29 is 4.79 Å². The second-order valence-corrected chi connectivity index (χ2v) is 7.27. The minimum Gasteiger partial charge on any atom is -0.324 e. The first-order valence-corrected chi connectivity index (χ1v) is 9.09. The van der Waals surface area contributed by atoms with E-state index in [4.69, 9.17) is 0 Å². The fourth-order valence-corrected chi connectivity index (χ4v) is 3.76. The molecule has 25 heavy (non-hydrogen) atoms. The number of likely N-dealkylation sites (tertiary alicyclic amines) is 1. The fourth-order valence-electron chi connectivity index (χ4n) is 3.76. The Kier molecular flexibility index (Phi) is 5.53. The fraction of sp³-hybridized carbons (Fsp3) is 0.500. The minimum atomic E-state index is 0.0839. The molecule has 0 unspecified atom stereocenters. The SMILES string of the molecule is Cc1cc(C)c(NC(=O)CN2CCC(Cn3cccn3)CC2)c(C)c1. The van der Waals surface area contributed by atoms with Crippen molar-refractivity contribution in [3.05, 3.63) is 47.3 Å². The lowest BCUT2D eigenvalue weighted by atomic mass is 9.97. The van der Waals surface area contributed by atoms with Gasteiger partial charge in [-0.2, -0.15) is 5.10 Å². The van der Waals surface area contributed by atoms with Gasteiger partial charge < -0.3 is 5.32 Å². The Balaban J connectivity index is 1.48. The van der Waals surface area contributed by atoms with Crippen molar-refractivity contribution in [3.8, 4) is 0 Å². The number of hydrogen-bond donors (Lipinski definition) is 1. The van der Waals surface area contributed by atoms with Gasteiger partial charge in [-0.3, -0.25) is 14.4 Å². The number of amides is 1. The van der Waals surface area contributed by atoms with Crippen LogP contribution in [-0.2, 0) is 11.3 Å². The summed E-state index contributed by atoms with van der Waals surface area (Å²) in [4.78, 5) is 14.7. The first-order valence-electron chi connectivity index (χ1n) is 9.09. The molecule has 1 aromatic carbocycles. The molecule has 1 aromatic heterocycles. The Morgan fingerprint density at radius 2 is 1.88 bits per heavy atom. The number of nitrogens with one attached hydrogen (secondary N) is 1. The molecule has 1 N–H and O–H groups in total. The largest absolute Gasteiger partial charge is 0.324 e. The maximum atomic E-state index is 12.4. The Morgan fingerprint density at radius 3 is 2.48 bits per heavy atom. The lowest BCUT2D eigenvalue weighted by Crippen LogP contribution is -2.40. The highest BCUT2D eigenvalue weighted by Gasteiger charge is 2.21. The molecule has 0 radical (unpaired) electrons. The molecule has 0 aliphatic carbocycles. The molecule has 3 rings (SSSR count). The molecule has 5 nitrogen and oxygen atoms in total. The van der Waals surface area contributed by atoms with Crippen LogP contribution in [-0.4, -0.2) is 40.2 Å². The number of piperidine rings is 1. The highest BCUT2D eigenvalue weighted by molar-refractivity contribution is 5.93. The van der Waals surface area contributed by atoms with Crippen molar-refractivity contribution in [2.24, 2.45) is 5.92 Å². The Labute approximate surface area is 150 Å². The van der Waals surface area contributed by atoms with E-state index >= 15 is 0 Å². The van der Waals surface area contributed by atoms with E-state index in [0.717, 1.165) is 49.3 Å². The topological polar surface area (TPSA) is 50.2 Å². The van der Waals surface area contributed by atoms with Crippen molar-refractivity contribution in [2.45, 2.75) is 40.2 Å². The Morgan fingerprint density at radius 1 is 1.20 bits per heavy atom. The van der Waals surface area contributed by atoms with Gasteiger partial charge in [0, 0.05) is 24.6 Å². The van der Waals surface area contributed by atoms with Gasteiger partial charge in [0.2, 0.25) is 5.91 Å². The van der Waals surface area contributed by atoms with Crippen LogP contribution in [0.25, 0.3) is 0 Å². The molecular weight excluding hydrogens is 312 g/mol. The molecule has 2 aromatic rings. The highest BCUT2D eigenvalue weighted by Crippen LogP contribution is 2.22. The zero-order valence-electron chi connectivity index (χ0n) is 15.5. The average molecular weight is 340 g/mol. The van der Waals surface area contributed by atoms with Gasteiger partial charge in [-0.15, -0.1) is 0 Å². The number of benzene rings is 1. The summed E-state index contributed by atoms with van der Waals surface area (Å²) in [7, 11) is 0. The van der Waals surface area contributed by atoms with Crippen LogP contribution in [0.3, 0.4) is 0 Å². The number of aryl methyl sites for hydroxylation is 3. The van der Waals surface area contributed by atoms with Gasteiger partial charge in [-0.05, 0) is 69.8 Å². The maximum absolute atomic E-state index is 12.4. The van der Waals surface area contributed by atoms with Crippen molar-refractivity contribution in [1.29, 1.82) is 0 Å². The van der Waals surface area contributed by atoms with Gasteiger partial charge in [-0.1, -0.05) is 17.7 Å². The number of carbonyl (C=O) groups excluding carboxylic acids is 1. The molecule has 1 aliphatic rings. The van der Waals surface area contributed by atoms with Crippen molar-refractivity contribution in [2.75, 3.05) is 25.0 Å². The summed E-state index contributed by atoms with van der Waals surface area (Å²) in [5.74, 6) is 0.737. The molecular formula is C20H28N4O. The third-order valence-electron chi connectivity index (χ3n) is 5.02. The summed E-state index contributed by atoms with van der Waals surface area (Å²) in [6.07, 6.45) is 6.09. The number of hydrogen-bond acceptors (Lipinski definition) is 3. The monoisotopic (exact) mass is 340 g/mol. The van der Waals surface area contributed by atoms with Crippen LogP contribution < -0.4 is 5.32 Å². The van der Waals surface area contributed by atoms with Gasteiger partial charge in [0.25, 0.3) is 0 Å². The first-order chi connectivity index (χ1) is 12.0. The normalized spacial score (nSPS) is 16.1. The molecule has 5 heteroatoms. The maximum Gasteiger partial charge on any atom is 0.238 e. The average Bonchev–Trinajstić information content (AvgIpc) is 3.06. The van der Waals surface area contributed by atoms with E-state index in [0.29, 0.717) is 12.5 Å². The van der Waals surface area contributed by atoms with Crippen LogP contribution in [0.4, 0.5) is 5.69 Å².